The molecular weight excluding hydrogens is 238 g/mol. The highest BCUT2D eigenvalue weighted by Gasteiger charge is 2.49. The molecule has 112 valence electrons. The van der Waals surface area contributed by atoms with Crippen LogP contribution in [0.4, 0.5) is 0 Å². The summed E-state index contributed by atoms with van der Waals surface area (Å²) in [4.78, 5) is 0. The van der Waals surface area contributed by atoms with E-state index in [-0.39, 0.29) is 11.5 Å². The molecule has 0 aromatic carbocycles. The van der Waals surface area contributed by atoms with Crippen molar-refractivity contribution in [2.24, 2.45) is 5.41 Å². The summed E-state index contributed by atoms with van der Waals surface area (Å²) < 4.78 is 5.99. The second-order valence-electron chi connectivity index (χ2n) is 6.99. The molecule has 2 aliphatic rings. The molecule has 3 nitrogen and oxygen atoms in total. The van der Waals surface area contributed by atoms with Gasteiger partial charge in [-0.3, -0.25) is 0 Å². The van der Waals surface area contributed by atoms with E-state index in [9.17, 15) is 5.11 Å². The number of hydrogen-bond acceptors (Lipinski definition) is 3. The van der Waals surface area contributed by atoms with Crippen LogP contribution in [0.25, 0.3) is 0 Å². The smallest absolute Gasteiger partial charge is 0.0655 e. The van der Waals surface area contributed by atoms with Crippen molar-refractivity contribution >= 4 is 0 Å². The highest BCUT2D eigenvalue weighted by Crippen LogP contribution is 2.43. The number of rotatable bonds is 6. The van der Waals surface area contributed by atoms with Gasteiger partial charge in [0.15, 0.2) is 0 Å². The van der Waals surface area contributed by atoms with Gasteiger partial charge in [0.25, 0.3) is 0 Å². The highest BCUT2D eigenvalue weighted by molar-refractivity contribution is 5.04. The molecular formula is C16H31NO2. The zero-order valence-electron chi connectivity index (χ0n) is 12.8. The summed E-state index contributed by atoms with van der Waals surface area (Å²) in [5.41, 5.74) is 0.254. The molecule has 0 spiro atoms. The van der Waals surface area contributed by atoms with Gasteiger partial charge in [0, 0.05) is 24.1 Å². The Labute approximate surface area is 118 Å². The van der Waals surface area contributed by atoms with E-state index in [1.165, 1.54) is 12.8 Å². The van der Waals surface area contributed by atoms with Gasteiger partial charge < -0.3 is 15.2 Å². The Morgan fingerprint density at radius 3 is 2.47 bits per heavy atom. The molecule has 0 aliphatic heterocycles. The number of hydrogen-bond donors (Lipinski definition) is 2. The van der Waals surface area contributed by atoms with Crippen LogP contribution >= 0.6 is 0 Å². The van der Waals surface area contributed by atoms with Gasteiger partial charge in [-0.2, -0.15) is 0 Å². The molecule has 2 unspecified atom stereocenters. The van der Waals surface area contributed by atoms with E-state index in [0.717, 1.165) is 38.7 Å². The van der Waals surface area contributed by atoms with Crippen molar-refractivity contribution < 1.29 is 9.84 Å². The van der Waals surface area contributed by atoms with Crippen LogP contribution in [0, 0.1) is 5.41 Å². The molecule has 0 saturated heterocycles. The molecule has 0 bridgehead atoms. The van der Waals surface area contributed by atoms with E-state index < -0.39 is 0 Å². The first-order chi connectivity index (χ1) is 9.04. The molecule has 2 atom stereocenters. The summed E-state index contributed by atoms with van der Waals surface area (Å²) >= 11 is 0. The van der Waals surface area contributed by atoms with Crippen molar-refractivity contribution in [2.75, 3.05) is 6.61 Å². The second-order valence-corrected chi connectivity index (χ2v) is 6.99. The van der Waals surface area contributed by atoms with Crippen LogP contribution < -0.4 is 5.32 Å². The lowest BCUT2D eigenvalue weighted by Gasteiger charge is -2.53. The minimum atomic E-state index is -0.0578. The summed E-state index contributed by atoms with van der Waals surface area (Å²) in [5, 5.41) is 13.3. The fraction of sp³-hybridized carbons (Fsp3) is 1.00. The monoisotopic (exact) mass is 269 g/mol. The minimum Gasteiger partial charge on any atom is -0.393 e. The van der Waals surface area contributed by atoms with Gasteiger partial charge in [0.05, 0.1) is 12.2 Å². The third kappa shape index (κ3) is 3.71. The number of aliphatic hydroxyl groups excluding tert-OH is 1. The molecule has 0 amide bonds. The SMILES string of the molecule is CCCCOC1CC(NC2CCC(O)CC2)C1(C)C. The van der Waals surface area contributed by atoms with Crippen molar-refractivity contribution in [2.45, 2.75) is 90.0 Å². The van der Waals surface area contributed by atoms with Gasteiger partial charge in [0.1, 0.15) is 0 Å². The van der Waals surface area contributed by atoms with E-state index in [0.29, 0.717) is 18.2 Å². The van der Waals surface area contributed by atoms with Crippen molar-refractivity contribution in [3.8, 4) is 0 Å². The number of ether oxygens (including phenoxy) is 1. The third-order valence-electron chi connectivity index (χ3n) is 5.13. The van der Waals surface area contributed by atoms with Gasteiger partial charge in [-0.15, -0.1) is 0 Å². The number of aliphatic hydroxyl groups is 1. The average Bonchev–Trinajstić information content (AvgIpc) is 2.39. The summed E-state index contributed by atoms with van der Waals surface area (Å²) in [5.74, 6) is 0. The maximum Gasteiger partial charge on any atom is 0.0655 e. The number of nitrogens with one attached hydrogen (secondary N) is 1. The summed E-state index contributed by atoms with van der Waals surface area (Å²) in [6.07, 6.45) is 8.05. The van der Waals surface area contributed by atoms with Gasteiger partial charge in [-0.1, -0.05) is 27.2 Å². The summed E-state index contributed by atoms with van der Waals surface area (Å²) in [7, 11) is 0. The van der Waals surface area contributed by atoms with E-state index >= 15 is 0 Å². The Morgan fingerprint density at radius 2 is 1.89 bits per heavy atom. The van der Waals surface area contributed by atoms with E-state index in [1.807, 2.05) is 0 Å². The van der Waals surface area contributed by atoms with Crippen LogP contribution in [0.5, 0.6) is 0 Å². The molecule has 0 aromatic heterocycles. The van der Waals surface area contributed by atoms with Gasteiger partial charge >= 0.3 is 0 Å². The van der Waals surface area contributed by atoms with Crippen molar-refractivity contribution in [1.82, 2.24) is 5.32 Å². The zero-order chi connectivity index (χ0) is 13.9. The predicted octanol–water partition coefficient (Wildman–Crippen LogP) is 2.86. The Balaban J connectivity index is 1.71. The maximum absolute atomic E-state index is 9.55. The molecule has 2 N–H and O–H groups in total. The van der Waals surface area contributed by atoms with Crippen molar-refractivity contribution in [3.63, 3.8) is 0 Å². The van der Waals surface area contributed by atoms with Crippen LogP contribution in [-0.2, 0) is 4.74 Å². The molecule has 2 saturated carbocycles. The Hall–Kier alpha value is -0.120. The van der Waals surface area contributed by atoms with Crippen LogP contribution in [0.15, 0.2) is 0 Å². The largest absolute Gasteiger partial charge is 0.393 e. The standard InChI is InChI=1S/C16H31NO2/c1-4-5-10-19-15-11-14(16(15,2)3)17-12-6-8-13(18)9-7-12/h12-15,17-18H,4-11H2,1-3H3. The normalized spacial score (nSPS) is 37.9. The topological polar surface area (TPSA) is 41.5 Å². The molecule has 2 rings (SSSR count). The highest BCUT2D eigenvalue weighted by atomic mass is 16.5. The zero-order valence-corrected chi connectivity index (χ0v) is 12.8. The van der Waals surface area contributed by atoms with E-state index in [1.54, 1.807) is 0 Å². The first-order valence-corrected chi connectivity index (χ1v) is 8.09. The summed E-state index contributed by atoms with van der Waals surface area (Å²) in [6, 6.07) is 1.18. The Kier molecular flexibility index (Phi) is 5.27. The lowest BCUT2D eigenvalue weighted by Crippen LogP contribution is -2.63. The van der Waals surface area contributed by atoms with E-state index in [4.69, 9.17) is 4.74 Å². The average molecular weight is 269 g/mol. The molecule has 0 radical (unpaired) electrons. The third-order valence-corrected chi connectivity index (χ3v) is 5.13. The lowest BCUT2D eigenvalue weighted by atomic mass is 9.64. The van der Waals surface area contributed by atoms with Gasteiger partial charge in [-0.05, 0) is 38.5 Å². The quantitative estimate of drug-likeness (QED) is 0.729. The van der Waals surface area contributed by atoms with Gasteiger partial charge in [-0.25, -0.2) is 0 Å². The van der Waals surface area contributed by atoms with Crippen molar-refractivity contribution in [1.29, 1.82) is 0 Å². The second kappa shape index (κ2) is 6.55. The summed E-state index contributed by atoms with van der Waals surface area (Å²) in [6.45, 7) is 7.76. The van der Waals surface area contributed by atoms with Crippen molar-refractivity contribution in [3.05, 3.63) is 0 Å². The van der Waals surface area contributed by atoms with Crippen LogP contribution in [0.1, 0.15) is 65.7 Å². The lowest BCUT2D eigenvalue weighted by molar-refractivity contribution is -0.121. The fourth-order valence-corrected chi connectivity index (χ4v) is 3.35. The predicted molar refractivity (Wildman–Crippen MR) is 78.2 cm³/mol. The molecule has 2 fully saturated rings. The Bertz CT molecular complexity index is 272. The van der Waals surface area contributed by atoms with Gasteiger partial charge in [0.2, 0.25) is 0 Å². The first kappa shape index (κ1) is 15.3. The molecule has 0 heterocycles. The first-order valence-electron chi connectivity index (χ1n) is 8.09. The van der Waals surface area contributed by atoms with Crippen LogP contribution in [0.3, 0.4) is 0 Å². The molecule has 2 aliphatic carbocycles. The minimum absolute atomic E-state index is 0.0578. The molecule has 3 heteroatoms. The molecule has 19 heavy (non-hydrogen) atoms. The fourth-order valence-electron chi connectivity index (χ4n) is 3.35. The number of unbranched alkanes of at least 4 members (excludes halogenated alkanes) is 1. The Morgan fingerprint density at radius 1 is 1.21 bits per heavy atom. The van der Waals surface area contributed by atoms with E-state index in [2.05, 4.69) is 26.1 Å². The van der Waals surface area contributed by atoms with Crippen LogP contribution in [0.2, 0.25) is 0 Å². The van der Waals surface area contributed by atoms with Crippen LogP contribution in [-0.4, -0.2) is 36.0 Å². The molecule has 0 aromatic rings. The maximum atomic E-state index is 9.55.